The lowest BCUT2D eigenvalue weighted by molar-refractivity contribution is -0.137. The second kappa shape index (κ2) is 4.82. The quantitative estimate of drug-likeness (QED) is 0.585. The van der Waals surface area contributed by atoms with Gasteiger partial charge in [-0.1, -0.05) is 19.1 Å². The molecule has 1 rings (SSSR count). The maximum atomic E-state index is 8.56. The largest absolute Gasteiger partial charge is 0.340 e. The summed E-state index contributed by atoms with van der Waals surface area (Å²) in [5, 5.41) is 8.56. The SMILES string of the molecule is C/C=C(/CC)c1cc(OO)ccc1C. The van der Waals surface area contributed by atoms with Gasteiger partial charge in [0.05, 0.1) is 0 Å². The molecule has 0 saturated heterocycles. The molecular formula is C12H16O2. The van der Waals surface area contributed by atoms with E-state index in [9.17, 15) is 0 Å². The number of hydrogen-bond donors (Lipinski definition) is 1. The first-order valence-electron chi connectivity index (χ1n) is 4.80. The number of benzene rings is 1. The van der Waals surface area contributed by atoms with E-state index in [-0.39, 0.29) is 0 Å². The van der Waals surface area contributed by atoms with Gasteiger partial charge in [0.25, 0.3) is 0 Å². The van der Waals surface area contributed by atoms with Crippen LogP contribution in [0.3, 0.4) is 0 Å². The molecule has 0 aliphatic carbocycles. The molecule has 76 valence electrons. The van der Waals surface area contributed by atoms with Gasteiger partial charge in [-0.25, -0.2) is 5.26 Å². The van der Waals surface area contributed by atoms with Gasteiger partial charge in [-0.3, -0.25) is 0 Å². The van der Waals surface area contributed by atoms with E-state index in [1.807, 2.05) is 19.1 Å². The highest BCUT2D eigenvalue weighted by atomic mass is 17.1. The van der Waals surface area contributed by atoms with Crippen molar-refractivity contribution in [2.24, 2.45) is 0 Å². The zero-order valence-corrected chi connectivity index (χ0v) is 8.87. The molecule has 0 amide bonds. The maximum Gasteiger partial charge on any atom is 0.165 e. The van der Waals surface area contributed by atoms with Gasteiger partial charge in [-0.15, -0.1) is 0 Å². The summed E-state index contributed by atoms with van der Waals surface area (Å²) in [5.41, 5.74) is 3.60. The Hall–Kier alpha value is -1.28. The van der Waals surface area contributed by atoms with Crippen LogP contribution in [0, 0.1) is 6.92 Å². The van der Waals surface area contributed by atoms with Gasteiger partial charge in [-0.05, 0) is 49.1 Å². The van der Waals surface area contributed by atoms with Crippen LogP contribution < -0.4 is 4.89 Å². The smallest absolute Gasteiger partial charge is 0.165 e. The van der Waals surface area contributed by atoms with E-state index in [1.54, 1.807) is 6.07 Å². The topological polar surface area (TPSA) is 29.5 Å². The molecule has 0 saturated carbocycles. The Bertz CT molecular complexity index is 340. The van der Waals surface area contributed by atoms with Gasteiger partial charge >= 0.3 is 0 Å². The van der Waals surface area contributed by atoms with E-state index >= 15 is 0 Å². The molecule has 2 nitrogen and oxygen atoms in total. The fourth-order valence-corrected chi connectivity index (χ4v) is 1.55. The first kappa shape index (κ1) is 10.8. The lowest BCUT2D eigenvalue weighted by Crippen LogP contribution is -1.91. The Morgan fingerprint density at radius 3 is 2.71 bits per heavy atom. The summed E-state index contributed by atoms with van der Waals surface area (Å²) in [5.74, 6) is 0.485. The minimum absolute atomic E-state index is 0.485. The lowest BCUT2D eigenvalue weighted by Gasteiger charge is -2.09. The van der Waals surface area contributed by atoms with Crippen LogP contribution in [-0.2, 0) is 0 Å². The number of allylic oxidation sites excluding steroid dienone is 2. The first-order chi connectivity index (χ1) is 6.72. The van der Waals surface area contributed by atoms with Crippen LogP contribution >= 0.6 is 0 Å². The molecule has 0 bridgehead atoms. The molecule has 0 unspecified atom stereocenters. The molecule has 2 heteroatoms. The third-order valence-electron chi connectivity index (χ3n) is 2.39. The average Bonchev–Trinajstić information content (AvgIpc) is 2.22. The third kappa shape index (κ3) is 2.15. The summed E-state index contributed by atoms with van der Waals surface area (Å²) in [6, 6.07) is 5.55. The van der Waals surface area contributed by atoms with Crippen molar-refractivity contribution in [3.05, 3.63) is 35.4 Å². The van der Waals surface area contributed by atoms with E-state index in [0.29, 0.717) is 5.75 Å². The number of rotatable bonds is 3. The Morgan fingerprint density at radius 2 is 2.21 bits per heavy atom. The molecule has 0 atom stereocenters. The minimum Gasteiger partial charge on any atom is -0.340 e. The highest BCUT2D eigenvalue weighted by Crippen LogP contribution is 2.25. The highest BCUT2D eigenvalue weighted by molar-refractivity contribution is 5.68. The number of hydrogen-bond acceptors (Lipinski definition) is 2. The fraction of sp³-hybridized carbons (Fsp3) is 0.333. The zero-order valence-electron chi connectivity index (χ0n) is 8.87. The van der Waals surface area contributed by atoms with Crippen LogP contribution in [0.5, 0.6) is 5.75 Å². The zero-order chi connectivity index (χ0) is 10.6. The first-order valence-corrected chi connectivity index (χ1v) is 4.80. The summed E-state index contributed by atoms with van der Waals surface area (Å²) in [6.07, 6.45) is 3.07. The van der Waals surface area contributed by atoms with Crippen molar-refractivity contribution in [3.63, 3.8) is 0 Å². The van der Waals surface area contributed by atoms with Gasteiger partial charge < -0.3 is 4.89 Å². The van der Waals surface area contributed by atoms with E-state index in [4.69, 9.17) is 5.26 Å². The minimum atomic E-state index is 0.485. The normalized spacial score (nSPS) is 11.6. The summed E-state index contributed by atoms with van der Waals surface area (Å²) in [4.78, 5) is 4.22. The summed E-state index contributed by atoms with van der Waals surface area (Å²) >= 11 is 0. The van der Waals surface area contributed by atoms with E-state index < -0.39 is 0 Å². The molecule has 14 heavy (non-hydrogen) atoms. The van der Waals surface area contributed by atoms with Crippen LogP contribution in [0.4, 0.5) is 0 Å². The Balaban J connectivity index is 3.18. The van der Waals surface area contributed by atoms with Crippen LogP contribution in [0.2, 0.25) is 0 Å². The van der Waals surface area contributed by atoms with Crippen molar-refractivity contribution < 1.29 is 10.1 Å². The predicted octanol–water partition coefficient (Wildman–Crippen LogP) is 3.66. The predicted molar refractivity (Wildman–Crippen MR) is 58.4 cm³/mol. The molecule has 0 fully saturated rings. The Kier molecular flexibility index (Phi) is 3.72. The summed E-state index contributed by atoms with van der Waals surface area (Å²) in [6.45, 7) is 6.18. The van der Waals surface area contributed by atoms with Crippen molar-refractivity contribution in [2.45, 2.75) is 27.2 Å². The molecular weight excluding hydrogens is 176 g/mol. The van der Waals surface area contributed by atoms with Crippen LogP contribution in [-0.4, -0.2) is 5.26 Å². The molecule has 1 N–H and O–H groups in total. The highest BCUT2D eigenvalue weighted by Gasteiger charge is 2.04. The second-order valence-corrected chi connectivity index (χ2v) is 3.24. The molecule has 0 spiro atoms. The number of aryl methyl sites for hydroxylation is 1. The molecule has 1 aromatic rings. The van der Waals surface area contributed by atoms with E-state index in [0.717, 1.165) is 12.0 Å². The van der Waals surface area contributed by atoms with E-state index in [2.05, 4.69) is 24.8 Å². The second-order valence-electron chi connectivity index (χ2n) is 3.24. The maximum absolute atomic E-state index is 8.56. The summed E-state index contributed by atoms with van der Waals surface area (Å²) < 4.78 is 0. The van der Waals surface area contributed by atoms with Crippen molar-refractivity contribution in [2.75, 3.05) is 0 Å². The van der Waals surface area contributed by atoms with E-state index in [1.165, 1.54) is 11.1 Å². The Labute approximate surface area is 84.8 Å². The van der Waals surface area contributed by atoms with Crippen molar-refractivity contribution >= 4 is 5.57 Å². The van der Waals surface area contributed by atoms with Gasteiger partial charge in [0.1, 0.15) is 0 Å². The van der Waals surface area contributed by atoms with Crippen LogP contribution in [0.15, 0.2) is 24.3 Å². The third-order valence-corrected chi connectivity index (χ3v) is 2.39. The van der Waals surface area contributed by atoms with Crippen molar-refractivity contribution in [1.29, 1.82) is 0 Å². The van der Waals surface area contributed by atoms with Gasteiger partial charge in [-0.2, -0.15) is 0 Å². The molecule has 0 aliphatic heterocycles. The van der Waals surface area contributed by atoms with Crippen molar-refractivity contribution in [3.8, 4) is 5.75 Å². The van der Waals surface area contributed by atoms with Crippen LogP contribution in [0.25, 0.3) is 5.57 Å². The summed E-state index contributed by atoms with van der Waals surface area (Å²) in [7, 11) is 0. The fourth-order valence-electron chi connectivity index (χ4n) is 1.55. The molecule has 0 radical (unpaired) electrons. The average molecular weight is 192 g/mol. The van der Waals surface area contributed by atoms with Crippen molar-refractivity contribution in [1.82, 2.24) is 0 Å². The standard InChI is InChI=1S/C12H16O2/c1-4-10(5-2)12-8-11(14-13)7-6-9(12)3/h4,6-8,13H,5H2,1-3H3/b10-4-. The molecule has 0 aromatic heterocycles. The molecule has 0 aliphatic rings. The molecule has 0 heterocycles. The van der Waals surface area contributed by atoms with Gasteiger partial charge in [0, 0.05) is 0 Å². The lowest BCUT2D eigenvalue weighted by atomic mass is 9.98. The Morgan fingerprint density at radius 1 is 1.50 bits per heavy atom. The van der Waals surface area contributed by atoms with Gasteiger partial charge in [0.2, 0.25) is 0 Å². The monoisotopic (exact) mass is 192 g/mol. The van der Waals surface area contributed by atoms with Crippen LogP contribution in [0.1, 0.15) is 31.4 Å². The molecule has 1 aromatic carbocycles. The van der Waals surface area contributed by atoms with Gasteiger partial charge in [0.15, 0.2) is 5.75 Å².